The normalized spacial score (nSPS) is 9.00. The molecular weight excluding hydrogens is 124 g/mol. The molecule has 0 heterocycles. The number of hydrogen-bond acceptors (Lipinski definition) is 1. The highest BCUT2D eigenvalue weighted by atomic mass is 16.5. The highest BCUT2D eigenvalue weighted by Gasteiger charge is 1.94. The fourth-order valence-corrected chi connectivity index (χ4v) is 0.385. The van der Waals surface area contributed by atoms with Crippen molar-refractivity contribution in [1.82, 2.24) is 0 Å². The Morgan fingerprint density at radius 1 is 1.00 bits per heavy atom. The Morgan fingerprint density at radius 2 is 1.40 bits per heavy atom. The molecule has 0 fully saturated rings. The van der Waals surface area contributed by atoms with Gasteiger partial charge in [-0.15, -0.1) is 0 Å². The predicted molar refractivity (Wildman–Crippen MR) is 49.4 cm³/mol. The maximum absolute atomic E-state index is 5.30. The van der Waals surface area contributed by atoms with E-state index in [1.165, 1.54) is 0 Å². The minimum absolute atomic E-state index is 0. The number of ether oxygens (including phenoxy) is 1. The van der Waals surface area contributed by atoms with E-state index in [1.54, 1.807) is 0 Å². The summed E-state index contributed by atoms with van der Waals surface area (Å²) in [5.41, 5.74) is 0. The van der Waals surface area contributed by atoms with Gasteiger partial charge in [-0.2, -0.15) is 0 Å². The monoisotopic (exact) mass is 148 g/mol. The summed E-state index contributed by atoms with van der Waals surface area (Å²) in [4.78, 5) is 0. The highest BCUT2D eigenvalue weighted by molar-refractivity contribution is 4.41. The molecule has 0 saturated heterocycles. The molecule has 0 rings (SSSR count). The van der Waals surface area contributed by atoms with Crippen molar-refractivity contribution in [2.75, 3.05) is 6.61 Å². The standard InChI is InChI=1S/C7H16O.2CH4/c1-6(2)5-8-7(3)4;;/h6-7H,5H2,1-4H3;2*1H4. The quantitative estimate of drug-likeness (QED) is 0.596. The Morgan fingerprint density at radius 3 is 1.50 bits per heavy atom. The number of hydrogen-bond donors (Lipinski definition) is 0. The topological polar surface area (TPSA) is 9.23 Å². The Kier molecular flexibility index (Phi) is 14.8. The largest absolute Gasteiger partial charge is 0.379 e. The molecule has 0 amide bonds. The van der Waals surface area contributed by atoms with Crippen LogP contribution in [0.4, 0.5) is 0 Å². The van der Waals surface area contributed by atoms with Gasteiger partial charge in [0.2, 0.25) is 0 Å². The zero-order chi connectivity index (χ0) is 6.57. The molecule has 0 aromatic heterocycles. The van der Waals surface area contributed by atoms with Crippen LogP contribution < -0.4 is 0 Å². The molecular formula is C9H24O. The molecule has 0 unspecified atom stereocenters. The SMILES string of the molecule is C.C.CC(C)COC(C)C. The molecule has 1 heteroatoms. The van der Waals surface area contributed by atoms with Crippen LogP contribution in [0.15, 0.2) is 0 Å². The summed E-state index contributed by atoms with van der Waals surface area (Å²) in [6, 6.07) is 0. The van der Waals surface area contributed by atoms with E-state index in [1.807, 2.05) is 0 Å². The first kappa shape index (κ1) is 16.5. The van der Waals surface area contributed by atoms with Gasteiger partial charge < -0.3 is 4.74 Å². The summed E-state index contributed by atoms with van der Waals surface area (Å²) in [7, 11) is 0. The van der Waals surface area contributed by atoms with Crippen molar-refractivity contribution < 1.29 is 4.74 Å². The minimum Gasteiger partial charge on any atom is -0.379 e. The van der Waals surface area contributed by atoms with E-state index in [0.29, 0.717) is 12.0 Å². The lowest BCUT2D eigenvalue weighted by Crippen LogP contribution is -2.08. The van der Waals surface area contributed by atoms with Crippen molar-refractivity contribution in [3.63, 3.8) is 0 Å². The lowest BCUT2D eigenvalue weighted by atomic mass is 10.2. The van der Waals surface area contributed by atoms with Gasteiger partial charge in [-0.1, -0.05) is 28.7 Å². The zero-order valence-corrected chi connectivity index (χ0v) is 6.27. The van der Waals surface area contributed by atoms with E-state index in [4.69, 9.17) is 4.74 Å². The summed E-state index contributed by atoms with van der Waals surface area (Å²) < 4.78 is 5.30. The first-order valence-corrected chi connectivity index (χ1v) is 3.24. The van der Waals surface area contributed by atoms with E-state index in [0.717, 1.165) is 6.61 Å². The van der Waals surface area contributed by atoms with E-state index < -0.39 is 0 Å². The fourth-order valence-electron chi connectivity index (χ4n) is 0.385. The third kappa shape index (κ3) is 15.7. The summed E-state index contributed by atoms with van der Waals surface area (Å²) in [6.45, 7) is 9.31. The van der Waals surface area contributed by atoms with Crippen LogP contribution in [-0.2, 0) is 4.74 Å². The van der Waals surface area contributed by atoms with Crippen molar-refractivity contribution >= 4 is 0 Å². The summed E-state index contributed by atoms with van der Waals surface area (Å²) in [5.74, 6) is 0.664. The Labute approximate surface area is 66.8 Å². The molecule has 0 atom stereocenters. The van der Waals surface area contributed by atoms with Crippen molar-refractivity contribution in [3.8, 4) is 0 Å². The van der Waals surface area contributed by atoms with E-state index in [-0.39, 0.29) is 14.9 Å². The molecule has 0 aromatic rings. The number of rotatable bonds is 3. The second-order valence-electron chi connectivity index (χ2n) is 2.78. The minimum atomic E-state index is 0. The van der Waals surface area contributed by atoms with Crippen LogP contribution in [0.25, 0.3) is 0 Å². The molecule has 10 heavy (non-hydrogen) atoms. The van der Waals surface area contributed by atoms with Gasteiger partial charge in [-0.25, -0.2) is 0 Å². The average molecular weight is 148 g/mol. The zero-order valence-electron chi connectivity index (χ0n) is 6.27. The molecule has 1 nitrogen and oxygen atoms in total. The van der Waals surface area contributed by atoms with Gasteiger partial charge in [0.05, 0.1) is 6.10 Å². The molecule has 0 saturated carbocycles. The summed E-state index contributed by atoms with van der Waals surface area (Å²) in [6.07, 6.45) is 0.386. The first-order chi connectivity index (χ1) is 3.63. The van der Waals surface area contributed by atoms with Gasteiger partial charge in [0.15, 0.2) is 0 Å². The maximum Gasteiger partial charge on any atom is 0.0518 e. The maximum atomic E-state index is 5.30. The van der Waals surface area contributed by atoms with Gasteiger partial charge in [0.25, 0.3) is 0 Å². The Balaban J connectivity index is -0.000000245. The lowest BCUT2D eigenvalue weighted by molar-refractivity contribution is 0.0593. The molecule has 0 bridgehead atoms. The third-order valence-electron chi connectivity index (χ3n) is 0.763. The molecule has 0 aliphatic carbocycles. The van der Waals surface area contributed by atoms with Crippen LogP contribution in [0.2, 0.25) is 0 Å². The van der Waals surface area contributed by atoms with Crippen molar-refractivity contribution in [1.29, 1.82) is 0 Å². The summed E-state index contributed by atoms with van der Waals surface area (Å²) >= 11 is 0. The van der Waals surface area contributed by atoms with E-state index in [9.17, 15) is 0 Å². The molecule has 0 aliphatic rings. The average Bonchev–Trinajstić information content (AvgIpc) is 1.61. The van der Waals surface area contributed by atoms with Crippen molar-refractivity contribution in [2.45, 2.75) is 48.7 Å². The van der Waals surface area contributed by atoms with E-state index >= 15 is 0 Å². The van der Waals surface area contributed by atoms with Crippen LogP contribution >= 0.6 is 0 Å². The van der Waals surface area contributed by atoms with Crippen LogP contribution in [0.1, 0.15) is 42.5 Å². The Hall–Kier alpha value is -0.0400. The van der Waals surface area contributed by atoms with Gasteiger partial charge in [-0.3, -0.25) is 0 Å². The second-order valence-corrected chi connectivity index (χ2v) is 2.78. The van der Waals surface area contributed by atoms with Gasteiger partial charge >= 0.3 is 0 Å². The highest BCUT2D eigenvalue weighted by Crippen LogP contribution is 1.95. The first-order valence-electron chi connectivity index (χ1n) is 3.24. The smallest absolute Gasteiger partial charge is 0.0518 e. The van der Waals surface area contributed by atoms with Crippen LogP contribution in [0.5, 0.6) is 0 Å². The molecule has 0 spiro atoms. The second kappa shape index (κ2) is 8.96. The predicted octanol–water partition coefficient (Wildman–Crippen LogP) is 3.34. The van der Waals surface area contributed by atoms with Gasteiger partial charge in [-0.05, 0) is 19.8 Å². The Bertz CT molecular complexity index is 40.7. The van der Waals surface area contributed by atoms with Crippen LogP contribution in [-0.4, -0.2) is 12.7 Å². The lowest BCUT2D eigenvalue weighted by Gasteiger charge is -2.08. The van der Waals surface area contributed by atoms with Gasteiger partial charge in [0.1, 0.15) is 0 Å². The molecule has 0 N–H and O–H groups in total. The molecule has 0 aromatic carbocycles. The van der Waals surface area contributed by atoms with Gasteiger partial charge in [0, 0.05) is 6.61 Å². The summed E-state index contributed by atoms with van der Waals surface area (Å²) in [5, 5.41) is 0. The molecule has 0 radical (unpaired) electrons. The molecule has 0 aliphatic heterocycles. The van der Waals surface area contributed by atoms with Crippen molar-refractivity contribution in [2.24, 2.45) is 5.92 Å². The molecule has 66 valence electrons. The third-order valence-corrected chi connectivity index (χ3v) is 0.763. The van der Waals surface area contributed by atoms with Crippen LogP contribution in [0, 0.1) is 5.92 Å². The van der Waals surface area contributed by atoms with Crippen molar-refractivity contribution in [3.05, 3.63) is 0 Å². The van der Waals surface area contributed by atoms with Crippen LogP contribution in [0.3, 0.4) is 0 Å². The van der Waals surface area contributed by atoms with E-state index in [2.05, 4.69) is 27.7 Å². The fraction of sp³-hybridized carbons (Fsp3) is 1.00.